The van der Waals surface area contributed by atoms with Crippen LogP contribution in [-0.4, -0.2) is 36.2 Å². The Labute approximate surface area is 174 Å². The van der Waals surface area contributed by atoms with Crippen molar-refractivity contribution in [3.05, 3.63) is 66.1 Å². The van der Waals surface area contributed by atoms with Gasteiger partial charge >= 0.3 is 0 Å². The molecule has 2 heterocycles. The molecular weight excluding hydrogens is 382 g/mol. The molecule has 7 nitrogen and oxygen atoms in total. The second-order valence-corrected chi connectivity index (χ2v) is 6.86. The number of aromatic nitrogens is 2. The third-order valence-electron chi connectivity index (χ3n) is 4.73. The number of fused-ring (bicyclic) bond motifs is 1. The van der Waals surface area contributed by atoms with Crippen molar-refractivity contribution in [1.82, 2.24) is 15.3 Å². The Morgan fingerprint density at radius 1 is 1.23 bits per heavy atom. The van der Waals surface area contributed by atoms with Crippen LogP contribution < -0.4 is 19.5 Å². The van der Waals surface area contributed by atoms with Crippen molar-refractivity contribution in [3.8, 4) is 28.5 Å². The van der Waals surface area contributed by atoms with Crippen LogP contribution in [0, 0.1) is 0 Å². The molecule has 0 saturated carbocycles. The van der Waals surface area contributed by atoms with E-state index in [9.17, 15) is 4.79 Å². The molecule has 0 spiro atoms. The first kappa shape index (κ1) is 19.6. The van der Waals surface area contributed by atoms with E-state index in [4.69, 9.17) is 14.2 Å². The van der Waals surface area contributed by atoms with E-state index in [1.54, 1.807) is 25.4 Å². The summed E-state index contributed by atoms with van der Waals surface area (Å²) < 4.78 is 16.6. The maximum absolute atomic E-state index is 12.4. The van der Waals surface area contributed by atoms with E-state index in [0.717, 1.165) is 16.8 Å². The monoisotopic (exact) mass is 405 g/mol. The Morgan fingerprint density at radius 3 is 2.83 bits per heavy atom. The number of H-pyrrole nitrogens is 1. The van der Waals surface area contributed by atoms with Gasteiger partial charge in [-0.15, -0.1) is 0 Å². The van der Waals surface area contributed by atoms with E-state index in [-0.39, 0.29) is 11.9 Å². The second-order valence-electron chi connectivity index (χ2n) is 6.86. The van der Waals surface area contributed by atoms with Gasteiger partial charge in [0.15, 0.2) is 11.5 Å². The Kier molecular flexibility index (Phi) is 5.70. The van der Waals surface area contributed by atoms with Crippen molar-refractivity contribution < 1.29 is 19.0 Å². The highest BCUT2D eigenvalue weighted by Crippen LogP contribution is 2.40. The molecule has 4 rings (SSSR count). The number of carbonyl (C=O) groups excluding carboxylic acids is 1. The summed E-state index contributed by atoms with van der Waals surface area (Å²) in [6.07, 6.45) is 4.95. The molecule has 0 fully saturated rings. The molecular formula is C23H23N3O4. The lowest BCUT2D eigenvalue weighted by Gasteiger charge is -2.20. The van der Waals surface area contributed by atoms with E-state index in [1.165, 1.54) is 6.08 Å². The Morgan fingerprint density at radius 2 is 2.03 bits per heavy atom. The number of imidazole rings is 1. The predicted octanol–water partition coefficient (Wildman–Crippen LogP) is 3.75. The zero-order chi connectivity index (χ0) is 20.9. The average molecular weight is 405 g/mol. The van der Waals surface area contributed by atoms with E-state index in [1.807, 2.05) is 43.3 Å². The van der Waals surface area contributed by atoms with Crippen molar-refractivity contribution >= 4 is 12.0 Å². The topological polar surface area (TPSA) is 85.5 Å². The SMILES string of the molecule is COc1cc(/C=C/C(=O)N[C@H](C)c2ncc(-c3ccccc3)[nH]2)cc2c1OCCO2. The van der Waals surface area contributed by atoms with Crippen LogP contribution in [0.3, 0.4) is 0 Å². The summed E-state index contributed by atoms with van der Waals surface area (Å²) in [4.78, 5) is 20.0. The van der Waals surface area contributed by atoms with Crippen molar-refractivity contribution in [2.24, 2.45) is 0 Å². The molecule has 1 aliphatic rings. The summed E-state index contributed by atoms with van der Waals surface area (Å²) in [5, 5.41) is 2.92. The number of benzene rings is 2. The number of rotatable bonds is 6. The maximum Gasteiger partial charge on any atom is 0.244 e. The normalized spacial score (nSPS) is 13.8. The van der Waals surface area contributed by atoms with Gasteiger partial charge in [0.2, 0.25) is 11.7 Å². The Hall–Kier alpha value is -3.74. The van der Waals surface area contributed by atoms with Gasteiger partial charge in [-0.05, 0) is 36.3 Å². The van der Waals surface area contributed by atoms with Crippen LogP contribution in [0.2, 0.25) is 0 Å². The van der Waals surface area contributed by atoms with Crippen LogP contribution >= 0.6 is 0 Å². The lowest BCUT2D eigenvalue weighted by molar-refractivity contribution is -0.117. The van der Waals surface area contributed by atoms with Crippen LogP contribution in [0.25, 0.3) is 17.3 Å². The number of ether oxygens (including phenoxy) is 3. The number of hydrogen-bond donors (Lipinski definition) is 2. The zero-order valence-corrected chi connectivity index (χ0v) is 16.8. The molecule has 0 aliphatic carbocycles. The Bertz CT molecular complexity index is 1040. The summed E-state index contributed by atoms with van der Waals surface area (Å²) in [6, 6.07) is 13.3. The molecule has 3 aromatic rings. The molecule has 1 aliphatic heterocycles. The van der Waals surface area contributed by atoms with Crippen LogP contribution in [0.15, 0.2) is 54.7 Å². The highest BCUT2D eigenvalue weighted by atomic mass is 16.6. The first-order valence-corrected chi connectivity index (χ1v) is 9.70. The third-order valence-corrected chi connectivity index (χ3v) is 4.73. The number of methoxy groups -OCH3 is 1. The molecule has 7 heteroatoms. The van der Waals surface area contributed by atoms with Crippen LogP contribution in [0.5, 0.6) is 17.2 Å². The van der Waals surface area contributed by atoms with Gasteiger partial charge in [0.05, 0.1) is 25.0 Å². The lowest BCUT2D eigenvalue weighted by Crippen LogP contribution is -2.25. The minimum Gasteiger partial charge on any atom is -0.493 e. The van der Waals surface area contributed by atoms with E-state index in [0.29, 0.717) is 36.3 Å². The van der Waals surface area contributed by atoms with E-state index in [2.05, 4.69) is 15.3 Å². The predicted molar refractivity (Wildman–Crippen MR) is 114 cm³/mol. The molecule has 1 atom stereocenters. The third kappa shape index (κ3) is 4.30. The molecule has 2 aromatic carbocycles. The second kappa shape index (κ2) is 8.73. The van der Waals surface area contributed by atoms with Crippen LogP contribution in [0.4, 0.5) is 0 Å². The fourth-order valence-corrected chi connectivity index (χ4v) is 3.21. The van der Waals surface area contributed by atoms with Crippen molar-refractivity contribution in [2.45, 2.75) is 13.0 Å². The fraction of sp³-hybridized carbons (Fsp3) is 0.217. The van der Waals surface area contributed by atoms with E-state index < -0.39 is 0 Å². The summed E-state index contributed by atoms with van der Waals surface area (Å²) in [7, 11) is 1.57. The first-order valence-electron chi connectivity index (χ1n) is 9.70. The molecule has 0 unspecified atom stereocenters. The van der Waals surface area contributed by atoms with Gasteiger partial charge in [0.1, 0.15) is 19.0 Å². The molecule has 0 radical (unpaired) electrons. The van der Waals surface area contributed by atoms with Gasteiger partial charge in [0, 0.05) is 6.08 Å². The Balaban J connectivity index is 1.42. The summed E-state index contributed by atoms with van der Waals surface area (Å²) >= 11 is 0. The molecule has 0 bridgehead atoms. The quantitative estimate of drug-likeness (QED) is 0.610. The van der Waals surface area contributed by atoms with Crippen LogP contribution in [0.1, 0.15) is 24.4 Å². The minimum atomic E-state index is -0.269. The summed E-state index contributed by atoms with van der Waals surface area (Å²) in [5.74, 6) is 2.24. The molecule has 30 heavy (non-hydrogen) atoms. The smallest absolute Gasteiger partial charge is 0.244 e. The van der Waals surface area contributed by atoms with Crippen molar-refractivity contribution in [1.29, 1.82) is 0 Å². The first-order chi connectivity index (χ1) is 14.6. The van der Waals surface area contributed by atoms with Gasteiger partial charge in [-0.2, -0.15) is 0 Å². The number of carbonyl (C=O) groups is 1. The lowest BCUT2D eigenvalue weighted by atomic mass is 10.1. The number of amides is 1. The fourth-order valence-electron chi connectivity index (χ4n) is 3.21. The van der Waals surface area contributed by atoms with Gasteiger partial charge in [-0.1, -0.05) is 30.3 Å². The zero-order valence-electron chi connectivity index (χ0n) is 16.8. The van der Waals surface area contributed by atoms with E-state index >= 15 is 0 Å². The highest BCUT2D eigenvalue weighted by molar-refractivity contribution is 5.92. The van der Waals surface area contributed by atoms with Gasteiger partial charge in [-0.3, -0.25) is 4.79 Å². The van der Waals surface area contributed by atoms with Gasteiger partial charge in [-0.25, -0.2) is 4.98 Å². The molecule has 154 valence electrons. The summed E-state index contributed by atoms with van der Waals surface area (Å²) in [6.45, 7) is 2.85. The largest absolute Gasteiger partial charge is 0.493 e. The van der Waals surface area contributed by atoms with Gasteiger partial charge in [0.25, 0.3) is 0 Å². The average Bonchev–Trinajstić information content (AvgIpc) is 3.28. The van der Waals surface area contributed by atoms with Gasteiger partial charge < -0.3 is 24.5 Å². The standard InChI is InChI=1S/C23H23N3O4/c1-15(23-24-14-18(26-23)17-6-4-3-5-7-17)25-21(27)9-8-16-12-19(28-2)22-20(13-16)29-10-11-30-22/h3-9,12-15H,10-11H2,1-2H3,(H,24,26)(H,25,27)/b9-8+/t15-/m1/s1. The number of aromatic amines is 1. The highest BCUT2D eigenvalue weighted by Gasteiger charge is 2.18. The molecule has 2 N–H and O–H groups in total. The van der Waals surface area contributed by atoms with Crippen molar-refractivity contribution in [2.75, 3.05) is 20.3 Å². The molecule has 1 amide bonds. The van der Waals surface area contributed by atoms with Crippen LogP contribution in [-0.2, 0) is 4.79 Å². The number of hydrogen-bond acceptors (Lipinski definition) is 5. The molecule has 0 saturated heterocycles. The number of nitrogens with zero attached hydrogens (tertiary/aromatic N) is 1. The summed E-state index contributed by atoms with van der Waals surface area (Å²) in [5.41, 5.74) is 2.73. The maximum atomic E-state index is 12.4. The molecule has 1 aromatic heterocycles. The minimum absolute atomic E-state index is 0.228. The number of nitrogens with one attached hydrogen (secondary N) is 2. The van der Waals surface area contributed by atoms with Crippen molar-refractivity contribution in [3.63, 3.8) is 0 Å².